The van der Waals surface area contributed by atoms with Crippen LogP contribution in [0.4, 0.5) is 0 Å². The molecule has 0 bridgehead atoms. The highest BCUT2D eigenvalue weighted by atomic mass is 16.2. The molecule has 0 radical (unpaired) electrons. The number of carbonyl (C=O) groups excluding carboxylic acids is 1. The summed E-state index contributed by atoms with van der Waals surface area (Å²) in [5.74, 6) is 0.236. The smallest absolute Gasteiger partial charge is 0.237 e. The van der Waals surface area contributed by atoms with E-state index in [4.69, 9.17) is 0 Å². The van der Waals surface area contributed by atoms with Gasteiger partial charge in [0.25, 0.3) is 0 Å². The van der Waals surface area contributed by atoms with Gasteiger partial charge in [0.05, 0.1) is 6.04 Å². The van der Waals surface area contributed by atoms with Crippen molar-refractivity contribution in [1.29, 1.82) is 0 Å². The molecular formula is C15H28N2O. The zero-order valence-electron chi connectivity index (χ0n) is 11.9. The molecule has 0 spiro atoms. The zero-order chi connectivity index (χ0) is 13.0. The minimum atomic E-state index is 0.0500. The Kier molecular flexibility index (Phi) is 4.66. The quantitative estimate of drug-likeness (QED) is 0.793. The van der Waals surface area contributed by atoms with Crippen LogP contribution in [0.5, 0.6) is 0 Å². The molecule has 1 saturated heterocycles. The molecule has 2 unspecified atom stereocenters. The first-order valence-electron chi connectivity index (χ1n) is 7.61. The van der Waals surface area contributed by atoms with Gasteiger partial charge in [0.2, 0.25) is 5.91 Å². The molecule has 2 aliphatic rings. The highest BCUT2D eigenvalue weighted by Crippen LogP contribution is 2.36. The van der Waals surface area contributed by atoms with Crippen molar-refractivity contribution in [3.05, 3.63) is 0 Å². The van der Waals surface area contributed by atoms with E-state index in [2.05, 4.69) is 24.5 Å². The molecule has 1 saturated carbocycles. The summed E-state index contributed by atoms with van der Waals surface area (Å²) in [5.41, 5.74) is 0.409. The van der Waals surface area contributed by atoms with E-state index in [0.717, 1.165) is 25.8 Å². The van der Waals surface area contributed by atoms with Crippen LogP contribution in [-0.2, 0) is 4.79 Å². The number of amides is 1. The van der Waals surface area contributed by atoms with Crippen LogP contribution in [0.2, 0.25) is 0 Å². The van der Waals surface area contributed by atoms with Gasteiger partial charge in [-0.3, -0.25) is 4.79 Å². The molecule has 3 heteroatoms. The van der Waals surface area contributed by atoms with Crippen LogP contribution in [0.1, 0.15) is 65.2 Å². The van der Waals surface area contributed by atoms with Crippen LogP contribution in [-0.4, -0.2) is 24.5 Å². The van der Waals surface area contributed by atoms with E-state index >= 15 is 0 Å². The van der Waals surface area contributed by atoms with Crippen molar-refractivity contribution in [2.24, 2.45) is 5.41 Å². The summed E-state index contributed by atoms with van der Waals surface area (Å²) < 4.78 is 0. The molecule has 2 rings (SSSR count). The third-order valence-corrected chi connectivity index (χ3v) is 4.44. The topological polar surface area (TPSA) is 41.1 Å². The molecule has 1 aliphatic heterocycles. The maximum Gasteiger partial charge on any atom is 0.237 e. The molecule has 2 atom stereocenters. The Bertz CT molecular complexity index is 280. The largest absolute Gasteiger partial charge is 0.352 e. The lowest BCUT2D eigenvalue weighted by atomic mass is 9.92. The van der Waals surface area contributed by atoms with Crippen molar-refractivity contribution in [1.82, 2.24) is 10.6 Å². The molecule has 18 heavy (non-hydrogen) atoms. The lowest BCUT2D eigenvalue weighted by Gasteiger charge is -2.23. The summed E-state index contributed by atoms with van der Waals surface area (Å²) in [6, 6.07) is 0.453. The van der Waals surface area contributed by atoms with Crippen molar-refractivity contribution in [2.45, 2.75) is 77.3 Å². The highest BCUT2D eigenvalue weighted by Gasteiger charge is 2.32. The van der Waals surface area contributed by atoms with E-state index in [1.165, 1.54) is 32.1 Å². The first-order chi connectivity index (χ1) is 8.57. The molecular weight excluding hydrogens is 224 g/mol. The van der Waals surface area contributed by atoms with Gasteiger partial charge in [-0.25, -0.2) is 0 Å². The predicted molar refractivity (Wildman–Crippen MR) is 74.4 cm³/mol. The van der Waals surface area contributed by atoms with Crippen LogP contribution >= 0.6 is 0 Å². The molecule has 2 fully saturated rings. The number of rotatable bonds is 2. The maximum absolute atomic E-state index is 12.3. The Morgan fingerprint density at radius 2 is 1.94 bits per heavy atom. The molecule has 1 aliphatic carbocycles. The fourth-order valence-corrected chi connectivity index (χ4v) is 3.29. The summed E-state index contributed by atoms with van der Waals surface area (Å²) in [5, 5.41) is 6.65. The Balaban J connectivity index is 1.79. The second kappa shape index (κ2) is 6.05. The summed E-state index contributed by atoms with van der Waals surface area (Å²) in [4.78, 5) is 12.3. The van der Waals surface area contributed by atoms with Crippen molar-refractivity contribution >= 4 is 5.91 Å². The fraction of sp³-hybridized carbons (Fsp3) is 0.933. The van der Waals surface area contributed by atoms with E-state index in [9.17, 15) is 4.79 Å². The average Bonchev–Trinajstić information content (AvgIpc) is 2.57. The molecule has 3 nitrogen and oxygen atoms in total. The first-order valence-corrected chi connectivity index (χ1v) is 7.61. The van der Waals surface area contributed by atoms with E-state index in [0.29, 0.717) is 11.5 Å². The molecule has 104 valence electrons. The monoisotopic (exact) mass is 252 g/mol. The van der Waals surface area contributed by atoms with Gasteiger partial charge in [-0.1, -0.05) is 33.1 Å². The Morgan fingerprint density at radius 3 is 2.67 bits per heavy atom. The predicted octanol–water partition coefficient (Wildman–Crippen LogP) is 2.60. The minimum absolute atomic E-state index is 0.0500. The van der Waals surface area contributed by atoms with Gasteiger partial charge in [0.1, 0.15) is 0 Å². The fourth-order valence-electron chi connectivity index (χ4n) is 3.29. The van der Waals surface area contributed by atoms with Crippen LogP contribution in [0, 0.1) is 5.41 Å². The Hall–Kier alpha value is -0.570. The van der Waals surface area contributed by atoms with Crippen LogP contribution < -0.4 is 10.6 Å². The molecule has 0 aromatic carbocycles. The van der Waals surface area contributed by atoms with Crippen molar-refractivity contribution in [3.63, 3.8) is 0 Å². The second-order valence-electron chi connectivity index (χ2n) is 6.82. The van der Waals surface area contributed by atoms with Gasteiger partial charge in [0.15, 0.2) is 0 Å². The molecule has 1 heterocycles. The maximum atomic E-state index is 12.3. The summed E-state index contributed by atoms with van der Waals surface area (Å²) in [6.45, 7) is 5.59. The second-order valence-corrected chi connectivity index (χ2v) is 6.82. The van der Waals surface area contributed by atoms with E-state index in [1.807, 2.05) is 0 Å². The Morgan fingerprint density at radius 1 is 1.17 bits per heavy atom. The van der Waals surface area contributed by atoms with Crippen LogP contribution in [0.15, 0.2) is 0 Å². The lowest BCUT2D eigenvalue weighted by molar-refractivity contribution is -0.124. The zero-order valence-corrected chi connectivity index (χ0v) is 11.9. The standard InChI is InChI=1S/C15H28N2O/c1-15(2)9-8-12(11-15)17-14(18)13-7-5-3-4-6-10-16-13/h12-13,16H,3-11H2,1-2H3,(H,17,18). The number of carbonyl (C=O) groups is 1. The van der Waals surface area contributed by atoms with Crippen LogP contribution in [0.3, 0.4) is 0 Å². The summed E-state index contributed by atoms with van der Waals surface area (Å²) >= 11 is 0. The van der Waals surface area contributed by atoms with E-state index in [-0.39, 0.29) is 11.9 Å². The van der Waals surface area contributed by atoms with Crippen molar-refractivity contribution in [2.75, 3.05) is 6.54 Å². The number of hydrogen-bond acceptors (Lipinski definition) is 2. The Labute approximate surface area is 111 Å². The summed E-state index contributed by atoms with van der Waals surface area (Å²) in [6.07, 6.45) is 9.48. The third kappa shape index (κ3) is 3.98. The number of nitrogens with one attached hydrogen (secondary N) is 2. The van der Waals surface area contributed by atoms with Gasteiger partial charge in [-0.2, -0.15) is 0 Å². The molecule has 1 amide bonds. The highest BCUT2D eigenvalue weighted by molar-refractivity contribution is 5.82. The average molecular weight is 252 g/mol. The number of hydrogen-bond donors (Lipinski definition) is 2. The third-order valence-electron chi connectivity index (χ3n) is 4.44. The van der Waals surface area contributed by atoms with Gasteiger partial charge >= 0.3 is 0 Å². The van der Waals surface area contributed by atoms with Gasteiger partial charge in [-0.15, -0.1) is 0 Å². The summed E-state index contributed by atoms with van der Waals surface area (Å²) in [7, 11) is 0. The SMILES string of the molecule is CC1(C)CCC(NC(=O)C2CCCCCCN2)C1. The van der Waals surface area contributed by atoms with E-state index < -0.39 is 0 Å². The van der Waals surface area contributed by atoms with Crippen molar-refractivity contribution in [3.8, 4) is 0 Å². The molecule has 0 aromatic heterocycles. The van der Waals surface area contributed by atoms with Gasteiger partial charge in [0, 0.05) is 6.04 Å². The van der Waals surface area contributed by atoms with E-state index in [1.54, 1.807) is 0 Å². The first kappa shape index (κ1) is 13.9. The molecule has 2 N–H and O–H groups in total. The van der Waals surface area contributed by atoms with Gasteiger partial charge < -0.3 is 10.6 Å². The lowest BCUT2D eigenvalue weighted by Crippen LogP contribution is -2.48. The normalized spacial score (nSPS) is 32.6. The minimum Gasteiger partial charge on any atom is -0.352 e. The molecule has 0 aromatic rings. The van der Waals surface area contributed by atoms with Gasteiger partial charge in [-0.05, 0) is 44.1 Å². The van der Waals surface area contributed by atoms with Crippen LogP contribution in [0.25, 0.3) is 0 Å². The van der Waals surface area contributed by atoms with Crippen molar-refractivity contribution < 1.29 is 4.79 Å².